The Hall–Kier alpha value is -0.860. The van der Waals surface area contributed by atoms with Crippen LogP contribution in [0.2, 0.25) is 0 Å². The van der Waals surface area contributed by atoms with Crippen LogP contribution in [-0.4, -0.2) is 25.5 Å². The molecule has 5 nitrogen and oxygen atoms in total. The molecule has 0 fully saturated rings. The smallest absolute Gasteiger partial charge is 0.549 e. The normalized spacial score (nSPS) is 11.4. The third-order valence-electron chi connectivity index (χ3n) is 4.05. The molecule has 0 atom stereocenters. The first-order chi connectivity index (χ1) is 11.8. The van der Waals surface area contributed by atoms with E-state index in [4.69, 9.17) is 0 Å². The number of benzene rings is 2. The van der Waals surface area contributed by atoms with Crippen LogP contribution in [0.25, 0.3) is 16.5 Å². The van der Waals surface area contributed by atoms with E-state index in [1.165, 1.54) is 10.9 Å². The molecule has 1 heterocycles. The monoisotopic (exact) mass is 441 g/mol. The van der Waals surface area contributed by atoms with Gasteiger partial charge in [-0.25, -0.2) is 0 Å². The number of hydrogen-bond donors (Lipinski definition) is 0. The minimum Gasteiger partial charge on any atom is -0.549 e. The van der Waals surface area contributed by atoms with Crippen LogP contribution >= 0.6 is 27.7 Å². The molecular formula is C18H17BrN3NaO2S. The standard InChI is InChI=1S/C18H18BrN3O2S.Na/c1-4-11-9-10-14(13-8-6-5-7-12(11)13)22-16(19)20-21-17(22)25-18(2,3)15(23)24;/h5-10H,4H2,1-3H3,(H,23,24);/q;+1/p-1. The van der Waals surface area contributed by atoms with Crippen molar-refractivity contribution in [3.63, 3.8) is 0 Å². The summed E-state index contributed by atoms with van der Waals surface area (Å²) in [5.41, 5.74) is 2.16. The summed E-state index contributed by atoms with van der Waals surface area (Å²) in [6.07, 6.45) is 0.934. The van der Waals surface area contributed by atoms with E-state index in [-0.39, 0.29) is 29.6 Å². The van der Waals surface area contributed by atoms with Gasteiger partial charge in [0.15, 0.2) is 5.16 Å². The van der Waals surface area contributed by atoms with Gasteiger partial charge >= 0.3 is 29.6 Å². The Bertz CT molecular complexity index is 959. The second-order valence-electron chi connectivity index (χ2n) is 6.13. The number of carboxylic acids is 1. The van der Waals surface area contributed by atoms with Gasteiger partial charge in [0.1, 0.15) is 0 Å². The molecule has 0 aliphatic rings. The average molecular weight is 442 g/mol. The Kier molecular flexibility index (Phi) is 6.96. The molecule has 0 aliphatic heterocycles. The Labute approximate surface area is 187 Å². The van der Waals surface area contributed by atoms with Gasteiger partial charge < -0.3 is 9.90 Å². The first kappa shape index (κ1) is 21.4. The number of carbonyl (C=O) groups is 1. The van der Waals surface area contributed by atoms with Crippen LogP contribution in [0, 0.1) is 0 Å². The maximum Gasteiger partial charge on any atom is 1.00 e. The molecular weight excluding hydrogens is 425 g/mol. The van der Waals surface area contributed by atoms with Crippen LogP contribution in [0.4, 0.5) is 0 Å². The third-order valence-corrected chi connectivity index (χ3v) is 5.68. The number of halogens is 1. The van der Waals surface area contributed by atoms with Crippen LogP contribution in [0.3, 0.4) is 0 Å². The fraction of sp³-hybridized carbons (Fsp3) is 0.278. The van der Waals surface area contributed by atoms with E-state index in [2.05, 4.69) is 51.3 Å². The molecule has 1 aromatic heterocycles. The Morgan fingerprint density at radius 2 is 1.85 bits per heavy atom. The van der Waals surface area contributed by atoms with Crippen molar-refractivity contribution in [1.29, 1.82) is 0 Å². The maximum absolute atomic E-state index is 11.4. The van der Waals surface area contributed by atoms with Crippen molar-refractivity contribution in [2.45, 2.75) is 37.1 Å². The SMILES string of the molecule is CCc1ccc(-n2c(Br)nnc2SC(C)(C)C(=O)[O-])c2ccccc12.[Na+]. The molecule has 0 saturated carbocycles. The van der Waals surface area contributed by atoms with Crippen molar-refractivity contribution in [1.82, 2.24) is 14.8 Å². The first-order valence-corrected chi connectivity index (χ1v) is 9.48. The van der Waals surface area contributed by atoms with Gasteiger partial charge in [-0.2, -0.15) is 0 Å². The summed E-state index contributed by atoms with van der Waals surface area (Å²) in [6.45, 7) is 5.32. The number of aromatic nitrogens is 3. The van der Waals surface area contributed by atoms with Crippen LogP contribution in [-0.2, 0) is 11.2 Å². The van der Waals surface area contributed by atoms with E-state index < -0.39 is 10.7 Å². The molecule has 0 N–H and O–H groups in total. The van der Waals surface area contributed by atoms with Gasteiger partial charge in [-0.3, -0.25) is 4.57 Å². The number of aryl methyl sites for hydroxylation is 1. The van der Waals surface area contributed by atoms with Crippen molar-refractivity contribution in [3.8, 4) is 5.69 Å². The van der Waals surface area contributed by atoms with Crippen molar-refractivity contribution in [2.24, 2.45) is 0 Å². The molecule has 3 rings (SSSR count). The van der Waals surface area contributed by atoms with E-state index in [1.54, 1.807) is 13.8 Å². The number of aliphatic carboxylic acids is 1. The summed E-state index contributed by atoms with van der Waals surface area (Å²) < 4.78 is 1.24. The summed E-state index contributed by atoms with van der Waals surface area (Å²) in [6, 6.07) is 12.2. The van der Waals surface area contributed by atoms with E-state index >= 15 is 0 Å². The minimum atomic E-state index is -1.14. The molecule has 0 radical (unpaired) electrons. The van der Waals surface area contributed by atoms with Crippen LogP contribution in [0.1, 0.15) is 26.3 Å². The second-order valence-corrected chi connectivity index (χ2v) is 8.43. The molecule has 0 aliphatic carbocycles. The molecule has 26 heavy (non-hydrogen) atoms. The zero-order chi connectivity index (χ0) is 18.2. The third kappa shape index (κ3) is 4.02. The molecule has 130 valence electrons. The number of thioether (sulfide) groups is 1. The minimum absolute atomic E-state index is 0. The molecule has 0 spiro atoms. The van der Waals surface area contributed by atoms with Gasteiger partial charge in [0.05, 0.1) is 16.4 Å². The molecule has 0 saturated heterocycles. The molecule has 0 unspecified atom stereocenters. The van der Waals surface area contributed by atoms with Gasteiger partial charge in [-0.15, -0.1) is 10.2 Å². The summed E-state index contributed by atoms with van der Waals surface area (Å²) in [4.78, 5) is 11.4. The summed E-state index contributed by atoms with van der Waals surface area (Å²) in [5.74, 6) is -1.14. The molecule has 0 amide bonds. The largest absolute Gasteiger partial charge is 1.00 e. The summed E-state index contributed by atoms with van der Waals surface area (Å²) in [7, 11) is 0. The van der Waals surface area contributed by atoms with E-state index in [0.29, 0.717) is 9.89 Å². The van der Waals surface area contributed by atoms with Gasteiger partial charge in [-0.1, -0.05) is 49.0 Å². The topological polar surface area (TPSA) is 70.8 Å². The fourth-order valence-electron chi connectivity index (χ4n) is 2.64. The van der Waals surface area contributed by atoms with Crippen molar-refractivity contribution >= 4 is 44.4 Å². The van der Waals surface area contributed by atoms with E-state index in [9.17, 15) is 9.90 Å². The van der Waals surface area contributed by atoms with Gasteiger partial charge in [0.25, 0.3) is 0 Å². The molecule has 0 bridgehead atoms. The summed E-state index contributed by atoms with van der Waals surface area (Å²) >= 11 is 4.54. The van der Waals surface area contributed by atoms with Gasteiger partial charge in [0, 0.05) is 5.39 Å². The summed E-state index contributed by atoms with van der Waals surface area (Å²) in [5, 5.41) is 22.3. The number of rotatable bonds is 5. The predicted octanol–water partition coefficient (Wildman–Crippen LogP) is 0.370. The van der Waals surface area contributed by atoms with Crippen molar-refractivity contribution < 1.29 is 39.5 Å². The Morgan fingerprint density at radius 3 is 2.46 bits per heavy atom. The fourth-order valence-corrected chi connectivity index (χ4v) is 4.09. The van der Waals surface area contributed by atoms with Crippen molar-refractivity contribution in [3.05, 3.63) is 46.7 Å². The Morgan fingerprint density at radius 1 is 1.19 bits per heavy atom. The quantitative estimate of drug-likeness (QED) is 0.422. The van der Waals surface area contributed by atoms with Crippen LogP contribution in [0.5, 0.6) is 0 Å². The first-order valence-electron chi connectivity index (χ1n) is 7.87. The predicted molar refractivity (Wildman–Crippen MR) is 101 cm³/mol. The molecule has 3 aromatic rings. The molecule has 2 aromatic carbocycles. The van der Waals surface area contributed by atoms with Crippen molar-refractivity contribution in [2.75, 3.05) is 0 Å². The number of carbonyl (C=O) groups excluding carboxylic acids is 1. The zero-order valence-electron chi connectivity index (χ0n) is 15.1. The molecule has 8 heteroatoms. The van der Waals surface area contributed by atoms with Crippen LogP contribution in [0.15, 0.2) is 46.3 Å². The number of hydrogen-bond acceptors (Lipinski definition) is 5. The Balaban J connectivity index is 0.00000243. The maximum atomic E-state index is 11.4. The van der Waals surface area contributed by atoms with Crippen LogP contribution < -0.4 is 34.7 Å². The van der Waals surface area contributed by atoms with E-state index in [0.717, 1.165) is 29.3 Å². The van der Waals surface area contributed by atoms with E-state index in [1.807, 2.05) is 22.8 Å². The average Bonchev–Trinajstić information content (AvgIpc) is 2.93. The van der Waals surface area contributed by atoms with Gasteiger partial charge in [0.2, 0.25) is 4.73 Å². The number of fused-ring (bicyclic) bond motifs is 1. The second kappa shape index (κ2) is 8.44. The number of carboxylic acid groups (broad SMARTS) is 1. The zero-order valence-corrected chi connectivity index (χ0v) is 19.5. The number of nitrogens with zero attached hydrogens (tertiary/aromatic N) is 3. The van der Waals surface area contributed by atoms with Gasteiger partial charge in [-0.05, 0) is 53.2 Å².